The van der Waals surface area contributed by atoms with Crippen LogP contribution in [0.1, 0.15) is 24.0 Å². The van der Waals surface area contributed by atoms with Gasteiger partial charge in [0.15, 0.2) is 0 Å². The molecule has 0 atom stereocenters. The third kappa shape index (κ3) is 2.13. The molecule has 3 heterocycles. The zero-order chi connectivity index (χ0) is 12.2. The Balaban J connectivity index is 1.90. The van der Waals surface area contributed by atoms with Crippen molar-refractivity contribution >= 4 is 11.4 Å². The third-order valence-corrected chi connectivity index (χ3v) is 2.70. The summed E-state index contributed by atoms with van der Waals surface area (Å²) in [6, 6.07) is 0. The number of hydrogen-bond donors (Lipinski definition) is 2. The number of azo groups is 1. The van der Waals surface area contributed by atoms with E-state index < -0.39 is 0 Å². The van der Waals surface area contributed by atoms with Gasteiger partial charge in [-0.25, -0.2) is 0 Å². The van der Waals surface area contributed by atoms with Crippen molar-refractivity contribution in [2.24, 2.45) is 10.2 Å². The normalized spacial score (nSPS) is 18.7. The van der Waals surface area contributed by atoms with E-state index in [1.807, 2.05) is 12.4 Å². The van der Waals surface area contributed by atoms with Crippen LogP contribution in [0.25, 0.3) is 11.4 Å². The van der Waals surface area contributed by atoms with E-state index in [0.717, 1.165) is 35.4 Å². The van der Waals surface area contributed by atoms with Crippen molar-refractivity contribution in [1.29, 1.82) is 0 Å². The van der Waals surface area contributed by atoms with E-state index in [1.54, 1.807) is 12.4 Å². The second-order valence-corrected chi connectivity index (χ2v) is 3.93. The molecule has 6 nitrogen and oxygen atoms in total. The zero-order valence-electron chi connectivity index (χ0n) is 9.67. The molecule has 0 bridgehead atoms. The largest absolute Gasteiger partial charge is 0.285 e. The Kier molecular flexibility index (Phi) is 2.83. The SMILES string of the molecule is C1=C(c2cn[nH]c2)N=N/C(c2cn[nH]c2)=C\CC1. The molecule has 2 aromatic rings. The summed E-state index contributed by atoms with van der Waals surface area (Å²) in [6.45, 7) is 0. The minimum absolute atomic E-state index is 0.845. The summed E-state index contributed by atoms with van der Waals surface area (Å²) in [5, 5.41) is 22.0. The first kappa shape index (κ1) is 10.6. The van der Waals surface area contributed by atoms with E-state index >= 15 is 0 Å². The average molecular weight is 240 g/mol. The van der Waals surface area contributed by atoms with Crippen LogP contribution in [0.2, 0.25) is 0 Å². The van der Waals surface area contributed by atoms with Gasteiger partial charge in [0.1, 0.15) is 0 Å². The highest BCUT2D eigenvalue weighted by molar-refractivity contribution is 5.67. The lowest BCUT2D eigenvalue weighted by Gasteiger charge is -2.03. The summed E-state index contributed by atoms with van der Waals surface area (Å²) in [4.78, 5) is 0. The lowest BCUT2D eigenvalue weighted by atomic mass is 10.1. The Bertz CT molecular complexity index is 534. The highest BCUT2D eigenvalue weighted by atomic mass is 15.1. The predicted molar refractivity (Wildman–Crippen MR) is 67.2 cm³/mol. The first-order valence-corrected chi connectivity index (χ1v) is 5.74. The van der Waals surface area contributed by atoms with Crippen molar-refractivity contribution in [3.8, 4) is 0 Å². The summed E-state index contributed by atoms with van der Waals surface area (Å²) >= 11 is 0. The molecule has 1 aliphatic rings. The first-order valence-electron chi connectivity index (χ1n) is 5.74. The van der Waals surface area contributed by atoms with Gasteiger partial charge in [0.05, 0.1) is 23.8 Å². The van der Waals surface area contributed by atoms with E-state index in [4.69, 9.17) is 0 Å². The van der Waals surface area contributed by atoms with Gasteiger partial charge in [0, 0.05) is 23.5 Å². The van der Waals surface area contributed by atoms with E-state index in [1.165, 1.54) is 0 Å². The molecule has 0 radical (unpaired) electrons. The van der Waals surface area contributed by atoms with Gasteiger partial charge < -0.3 is 0 Å². The molecule has 0 amide bonds. The molecule has 3 rings (SSSR count). The maximum Gasteiger partial charge on any atom is 0.0921 e. The Morgan fingerprint density at radius 2 is 1.28 bits per heavy atom. The Labute approximate surface area is 104 Å². The highest BCUT2D eigenvalue weighted by Crippen LogP contribution is 2.24. The second kappa shape index (κ2) is 4.79. The number of aromatic amines is 2. The fraction of sp³-hybridized carbons (Fsp3) is 0.167. The van der Waals surface area contributed by atoms with Crippen molar-refractivity contribution in [1.82, 2.24) is 20.4 Å². The summed E-state index contributed by atoms with van der Waals surface area (Å²) < 4.78 is 0. The molecule has 2 aromatic heterocycles. The lowest BCUT2D eigenvalue weighted by Crippen LogP contribution is -1.84. The van der Waals surface area contributed by atoms with E-state index in [9.17, 15) is 0 Å². The standard InChI is InChI=1S/C12H12N6/c1-2-4-12(10-7-15-16-8-10)18-17-11(3-1)9-5-13-14-6-9/h3-8H,1-2H2,(H,13,14)(H,15,16)/b11-3-,12-4?,18-17?. The van der Waals surface area contributed by atoms with Gasteiger partial charge in [0.2, 0.25) is 0 Å². The zero-order valence-corrected chi connectivity index (χ0v) is 9.67. The molecule has 18 heavy (non-hydrogen) atoms. The van der Waals surface area contributed by atoms with Crippen LogP contribution >= 0.6 is 0 Å². The van der Waals surface area contributed by atoms with E-state index in [2.05, 4.69) is 42.8 Å². The lowest BCUT2D eigenvalue weighted by molar-refractivity contribution is 1.03. The van der Waals surface area contributed by atoms with Gasteiger partial charge in [0.25, 0.3) is 0 Å². The highest BCUT2D eigenvalue weighted by Gasteiger charge is 2.06. The number of H-pyrrole nitrogens is 2. The van der Waals surface area contributed by atoms with Crippen molar-refractivity contribution < 1.29 is 0 Å². The number of hydrogen-bond acceptors (Lipinski definition) is 4. The molecule has 0 fully saturated rings. The number of nitrogens with one attached hydrogen (secondary N) is 2. The number of nitrogens with zero attached hydrogens (tertiary/aromatic N) is 4. The van der Waals surface area contributed by atoms with Crippen LogP contribution in [0.5, 0.6) is 0 Å². The Hall–Kier alpha value is -2.50. The fourth-order valence-electron chi connectivity index (χ4n) is 1.76. The molecule has 0 spiro atoms. The molecule has 0 unspecified atom stereocenters. The second-order valence-electron chi connectivity index (χ2n) is 3.93. The fourth-order valence-corrected chi connectivity index (χ4v) is 1.76. The van der Waals surface area contributed by atoms with Gasteiger partial charge in [-0.05, 0) is 12.8 Å². The average Bonchev–Trinajstić information content (AvgIpc) is 3.01. The molecule has 0 aliphatic carbocycles. The van der Waals surface area contributed by atoms with Gasteiger partial charge in [-0.1, -0.05) is 12.2 Å². The molecule has 0 saturated heterocycles. The maximum absolute atomic E-state index is 4.28. The topological polar surface area (TPSA) is 82.1 Å². The quantitative estimate of drug-likeness (QED) is 0.846. The number of allylic oxidation sites excluding steroid dienone is 2. The number of rotatable bonds is 2. The van der Waals surface area contributed by atoms with Crippen molar-refractivity contribution in [3.05, 3.63) is 48.1 Å². The third-order valence-electron chi connectivity index (χ3n) is 2.70. The van der Waals surface area contributed by atoms with Crippen LogP contribution in [0.3, 0.4) is 0 Å². The van der Waals surface area contributed by atoms with Gasteiger partial charge >= 0.3 is 0 Å². The summed E-state index contributed by atoms with van der Waals surface area (Å²) in [7, 11) is 0. The van der Waals surface area contributed by atoms with E-state index in [0.29, 0.717) is 0 Å². The van der Waals surface area contributed by atoms with Crippen LogP contribution < -0.4 is 0 Å². The van der Waals surface area contributed by atoms with Crippen LogP contribution in [-0.2, 0) is 0 Å². The van der Waals surface area contributed by atoms with Gasteiger partial charge in [-0.2, -0.15) is 20.4 Å². The molecule has 0 saturated carbocycles. The Morgan fingerprint density at radius 1 is 0.778 bits per heavy atom. The monoisotopic (exact) mass is 240 g/mol. The van der Waals surface area contributed by atoms with Crippen LogP contribution in [-0.4, -0.2) is 20.4 Å². The minimum Gasteiger partial charge on any atom is -0.285 e. The van der Waals surface area contributed by atoms with Crippen molar-refractivity contribution in [2.45, 2.75) is 12.8 Å². The minimum atomic E-state index is 0.845. The predicted octanol–water partition coefficient (Wildman–Crippen LogP) is 2.76. The molecule has 1 aliphatic heterocycles. The molecule has 0 aromatic carbocycles. The summed E-state index contributed by atoms with van der Waals surface area (Å²) in [6.07, 6.45) is 13.1. The smallest absolute Gasteiger partial charge is 0.0921 e. The van der Waals surface area contributed by atoms with Crippen LogP contribution in [0.15, 0.2) is 47.2 Å². The number of aromatic nitrogens is 4. The van der Waals surface area contributed by atoms with Gasteiger partial charge in [-0.3, -0.25) is 10.2 Å². The first-order chi connectivity index (χ1) is 8.93. The molecular formula is C12H12N6. The maximum atomic E-state index is 4.28. The van der Waals surface area contributed by atoms with Crippen molar-refractivity contribution in [2.75, 3.05) is 0 Å². The van der Waals surface area contributed by atoms with Gasteiger partial charge in [-0.15, -0.1) is 0 Å². The summed E-state index contributed by atoms with van der Waals surface area (Å²) in [5.41, 5.74) is 3.59. The van der Waals surface area contributed by atoms with Crippen molar-refractivity contribution in [3.63, 3.8) is 0 Å². The van der Waals surface area contributed by atoms with Crippen LogP contribution in [0, 0.1) is 0 Å². The van der Waals surface area contributed by atoms with Crippen LogP contribution in [0.4, 0.5) is 0 Å². The molecule has 90 valence electrons. The molecular weight excluding hydrogens is 228 g/mol. The molecule has 6 heteroatoms. The summed E-state index contributed by atoms with van der Waals surface area (Å²) in [5.74, 6) is 0. The Morgan fingerprint density at radius 3 is 1.67 bits per heavy atom. The molecule has 2 N–H and O–H groups in total. The van der Waals surface area contributed by atoms with E-state index in [-0.39, 0.29) is 0 Å².